The molecule has 0 amide bonds. The molecule has 1 aromatic rings. The highest BCUT2D eigenvalue weighted by Gasteiger charge is 2.14. The van der Waals surface area contributed by atoms with Crippen molar-refractivity contribution >= 4 is 0 Å². The van der Waals surface area contributed by atoms with E-state index in [1.165, 1.54) is 6.42 Å². The van der Waals surface area contributed by atoms with E-state index in [1.54, 1.807) is 0 Å². The minimum atomic E-state index is 0.288. The second kappa shape index (κ2) is 5.23. The summed E-state index contributed by atoms with van der Waals surface area (Å²) >= 11 is 0. The second-order valence-corrected chi connectivity index (χ2v) is 3.74. The zero-order chi connectivity index (χ0) is 10.5. The van der Waals surface area contributed by atoms with E-state index >= 15 is 0 Å². The topological polar surface area (TPSA) is 60.2 Å². The van der Waals surface area contributed by atoms with Gasteiger partial charge in [0, 0.05) is 13.0 Å². The Morgan fingerprint density at radius 1 is 1.60 bits per heavy atom. The monoisotopic (exact) mass is 211 g/mol. The van der Waals surface area contributed by atoms with Crippen LogP contribution in [0.5, 0.6) is 0 Å². The molecule has 84 valence electrons. The maximum Gasteiger partial charge on any atom is 0.252 e. The normalized spacial score (nSPS) is 21.8. The molecule has 0 unspecified atom stereocenters. The number of piperidine rings is 1. The van der Waals surface area contributed by atoms with Crippen LogP contribution >= 0.6 is 0 Å². The van der Waals surface area contributed by atoms with Gasteiger partial charge in [0.1, 0.15) is 6.61 Å². The first kappa shape index (κ1) is 10.6. The van der Waals surface area contributed by atoms with Crippen LogP contribution in [0.25, 0.3) is 0 Å². The lowest BCUT2D eigenvalue weighted by atomic mass is 10.1. The Labute approximate surface area is 89.2 Å². The van der Waals surface area contributed by atoms with Crippen LogP contribution in [-0.4, -0.2) is 29.3 Å². The highest BCUT2D eigenvalue weighted by atomic mass is 16.5. The van der Waals surface area contributed by atoms with Gasteiger partial charge in [-0.25, -0.2) is 0 Å². The molecule has 1 fully saturated rings. The van der Waals surface area contributed by atoms with Gasteiger partial charge in [-0.15, -0.1) is 0 Å². The maximum atomic E-state index is 5.67. The number of hydrogen-bond donors (Lipinski definition) is 1. The van der Waals surface area contributed by atoms with E-state index in [4.69, 9.17) is 9.26 Å². The van der Waals surface area contributed by atoms with Gasteiger partial charge >= 0.3 is 0 Å². The van der Waals surface area contributed by atoms with Crippen molar-refractivity contribution in [3.63, 3.8) is 0 Å². The zero-order valence-electron chi connectivity index (χ0n) is 9.03. The van der Waals surface area contributed by atoms with Gasteiger partial charge in [-0.3, -0.25) is 0 Å². The first-order valence-electron chi connectivity index (χ1n) is 5.52. The summed E-state index contributed by atoms with van der Waals surface area (Å²) in [6.45, 7) is 4.45. The van der Waals surface area contributed by atoms with E-state index in [0.29, 0.717) is 12.5 Å². The Bertz CT molecular complexity index is 295. The number of aromatic nitrogens is 2. The summed E-state index contributed by atoms with van der Waals surface area (Å²) in [5.74, 6) is 1.33. The average molecular weight is 211 g/mol. The predicted molar refractivity (Wildman–Crippen MR) is 54.4 cm³/mol. The fourth-order valence-corrected chi connectivity index (χ4v) is 1.64. The molecule has 2 rings (SSSR count). The molecule has 2 heterocycles. The van der Waals surface area contributed by atoms with Crippen molar-refractivity contribution in [2.45, 2.75) is 38.9 Å². The molecular formula is C10H17N3O2. The molecule has 0 aliphatic carbocycles. The van der Waals surface area contributed by atoms with Gasteiger partial charge in [0.05, 0.1) is 6.10 Å². The van der Waals surface area contributed by atoms with Crippen LogP contribution in [0, 0.1) is 0 Å². The second-order valence-electron chi connectivity index (χ2n) is 3.74. The van der Waals surface area contributed by atoms with Crippen LogP contribution in [0.3, 0.4) is 0 Å². The molecule has 0 radical (unpaired) electrons. The number of ether oxygens (including phenoxy) is 1. The van der Waals surface area contributed by atoms with Gasteiger partial charge in [-0.05, 0) is 19.4 Å². The summed E-state index contributed by atoms with van der Waals surface area (Å²) in [7, 11) is 0. The van der Waals surface area contributed by atoms with Crippen molar-refractivity contribution in [3.05, 3.63) is 11.7 Å². The molecule has 1 aliphatic rings. The third kappa shape index (κ3) is 3.00. The third-order valence-electron chi connectivity index (χ3n) is 2.52. The maximum absolute atomic E-state index is 5.67. The molecule has 1 aromatic heterocycles. The van der Waals surface area contributed by atoms with Crippen molar-refractivity contribution in [2.75, 3.05) is 13.1 Å². The number of nitrogens with zero attached hydrogens (tertiary/aromatic N) is 2. The number of aryl methyl sites for hydroxylation is 1. The van der Waals surface area contributed by atoms with Crippen molar-refractivity contribution in [1.82, 2.24) is 15.5 Å². The Morgan fingerprint density at radius 2 is 2.53 bits per heavy atom. The molecule has 0 aromatic carbocycles. The molecule has 5 nitrogen and oxygen atoms in total. The van der Waals surface area contributed by atoms with Gasteiger partial charge < -0.3 is 14.6 Å². The van der Waals surface area contributed by atoms with Crippen molar-refractivity contribution in [3.8, 4) is 0 Å². The summed E-state index contributed by atoms with van der Waals surface area (Å²) in [6.07, 6.45) is 3.38. The summed E-state index contributed by atoms with van der Waals surface area (Å²) in [4.78, 5) is 4.19. The van der Waals surface area contributed by atoms with Gasteiger partial charge in [0.15, 0.2) is 5.82 Å². The van der Waals surface area contributed by atoms with Gasteiger partial charge in [-0.1, -0.05) is 12.1 Å². The third-order valence-corrected chi connectivity index (χ3v) is 2.52. The van der Waals surface area contributed by atoms with Crippen molar-refractivity contribution < 1.29 is 9.26 Å². The van der Waals surface area contributed by atoms with E-state index in [2.05, 4.69) is 15.5 Å². The van der Waals surface area contributed by atoms with E-state index in [-0.39, 0.29) is 6.10 Å². The fraction of sp³-hybridized carbons (Fsp3) is 0.800. The lowest BCUT2D eigenvalue weighted by Crippen LogP contribution is -2.35. The number of hydrogen-bond acceptors (Lipinski definition) is 5. The van der Waals surface area contributed by atoms with Crippen molar-refractivity contribution in [2.24, 2.45) is 0 Å². The molecule has 1 saturated heterocycles. The van der Waals surface area contributed by atoms with E-state index in [1.807, 2.05) is 6.92 Å². The van der Waals surface area contributed by atoms with Gasteiger partial charge in [-0.2, -0.15) is 4.98 Å². The molecule has 5 heteroatoms. The lowest BCUT2D eigenvalue weighted by Gasteiger charge is -2.22. The molecular weight excluding hydrogens is 194 g/mol. The Morgan fingerprint density at radius 3 is 3.20 bits per heavy atom. The highest BCUT2D eigenvalue weighted by Crippen LogP contribution is 2.09. The van der Waals surface area contributed by atoms with Crippen molar-refractivity contribution in [1.29, 1.82) is 0 Å². The molecule has 1 atom stereocenters. The summed E-state index contributed by atoms with van der Waals surface area (Å²) < 4.78 is 10.7. The summed E-state index contributed by atoms with van der Waals surface area (Å²) in [5, 5.41) is 7.11. The number of rotatable bonds is 4. The minimum Gasteiger partial charge on any atom is -0.367 e. The Hall–Kier alpha value is -0.940. The largest absolute Gasteiger partial charge is 0.367 e. The van der Waals surface area contributed by atoms with Crippen LogP contribution in [0.1, 0.15) is 31.5 Å². The minimum absolute atomic E-state index is 0.288. The summed E-state index contributed by atoms with van der Waals surface area (Å²) in [6, 6.07) is 0. The lowest BCUT2D eigenvalue weighted by molar-refractivity contribution is 0.0124. The summed E-state index contributed by atoms with van der Waals surface area (Å²) in [5.41, 5.74) is 0. The van der Waals surface area contributed by atoms with Crippen LogP contribution in [0.15, 0.2) is 4.52 Å². The fourth-order valence-electron chi connectivity index (χ4n) is 1.64. The van der Waals surface area contributed by atoms with E-state index in [0.717, 1.165) is 31.8 Å². The Balaban J connectivity index is 1.76. The average Bonchev–Trinajstić information content (AvgIpc) is 2.76. The predicted octanol–water partition coefficient (Wildman–Crippen LogP) is 0.901. The number of nitrogens with one attached hydrogen (secondary N) is 1. The SMILES string of the molecule is CCc1noc(CO[C@H]2CCCNC2)n1. The van der Waals surface area contributed by atoms with Crippen LogP contribution in [0.4, 0.5) is 0 Å². The molecule has 0 saturated carbocycles. The van der Waals surface area contributed by atoms with Crippen LogP contribution < -0.4 is 5.32 Å². The van der Waals surface area contributed by atoms with Gasteiger partial charge in [0.2, 0.25) is 0 Å². The first-order valence-corrected chi connectivity index (χ1v) is 5.52. The highest BCUT2D eigenvalue weighted by molar-refractivity contribution is 4.84. The Kier molecular flexibility index (Phi) is 3.69. The molecule has 1 N–H and O–H groups in total. The smallest absolute Gasteiger partial charge is 0.252 e. The molecule has 0 bridgehead atoms. The first-order chi connectivity index (χ1) is 7.38. The quantitative estimate of drug-likeness (QED) is 0.801. The van der Waals surface area contributed by atoms with E-state index < -0.39 is 0 Å². The van der Waals surface area contributed by atoms with E-state index in [9.17, 15) is 0 Å². The molecule has 15 heavy (non-hydrogen) atoms. The molecule has 1 aliphatic heterocycles. The van der Waals surface area contributed by atoms with Crippen LogP contribution in [-0.2, 0) is 17.8 Å². The zero-order valence-corrected chi connectivity index (χ0v) is 9.03. The van der Waals surface area contributed by atoms with Crippen LogP contribution in [0.2, 0.25) is 0 Å². The van der Waals surface area contributed by atoms with Gasteiger partial charge in [0.25, 0.3) is 5.89 Å². The standard InChI is InChI=1S/C10H17N3O2/c1-2-9-12-10(15-13-9)7-14-8-4-3-5-11-6-8/h8,11H,2-7H2,1H3/t8-/m0/s1. The molecule has 0 spiro atoms.